The zero-order valence-corrected chi connectivity index (χ0v) is 17.9. The third-order valence-electron chi connectivity index (χ3n) is 5.61. The number of rotatable bonds is 16. The predicted octanol–water partition coefficient (Wildman–Crippen LogP) is 8.15. The maximum Gasteiger partial charge on any atom is 0.119 e. The highest BCUT2D eigenvalue weighted by molar-refractivity contribution is 5.45. The average molecular weight is 361 g/mol. The fourth-order valence-corrected chi connectivity index (χ4v) is 3.93. The van der Waals surface area contributed by atoms with Crippen molar-refractivity contribution in [3.05, 3.63) is 28.8 Å². The summed E-state index contributed by atoms with van der Waals surface area (Å²) in [4.78, 5) is 0. The zero-order valence-electron chi connectivity index (χ0n) is 17.9. The molecule has 0 aliphatic heterocycles. The summed E-state index contributed by atoms with van der Waals surface area (Å²) in [6, 6.07) is 4.17. The molecule has 0 aliphatic carbocycles. The van der Waals surface area contributed by atoms with Crippen molar-refractivity contribution in [2.75, 3.05) is 0 Å². The van der Waals surface area contributed by atoms with Crippen LogP contribution in [-0.4, -0.2) is 5.11 Å². The topological polar surface area (TPSA) is 20.2 Å². The van der Waals surface area contributed by atoms with Crippen LogP contribution in [0.4, 0.5) is 0 Å². The minimum atomic E-state index is 0.545. The molecule has 150 valence electrons. The summed E-state index contributed by atoms with van der Waals surface area (Å²) in [5.74, 6) is 0.545. The first-order valence-electron chi connectivity index (χ1n) is 11.6. The van der Waals surface area contributed by atoms with E-state index in [-0.39, 0.29) is 0 Å². The Hall–Kier alpha value is -0.980. The summed E-state index contributed by atoms with van der Waals surface area (Å²) in [5.41, 5.74) is 4.28. The monoisotopic (exact) mass is 360 g/mol. The first-order chi connectivity index (χ1) is 12.7. The summed E-state index contributed by atoms with van der Waals surface area (Å²) in [6.45, 7) is 6.81. The van der Waals surface area contributed by atoms with E-state index in [4.69, 9.17) is 0 Å². The summed E-state index contributed by atoms with van der Waals surface area (Å²) in [7, 11) is 0. The molecule has 1 rings (SSSR count). The molecular weight excluding hydrogens is 316 g/mol. The van der Waals surface area contributed by atoms with Crippen LogP contribution < -0.4 is 0 Å². The van der Waals surface area contributed by atoms with Gasteiger partial charge in [0.25, 0.3) is 0 Å². The molecule has 0 aliphatic rings. The van der Waals surface area contributed by atoms with E-state index in [0.717, 1.165) is 12.8 Å². The normalized spacial score (nSPS) is 11.2. The van der Waals surface area contributed by atoms with E-state index in [1.807, 2.05) is 6.07 Å². The molecule has 1 nitrogen and oxygen atoms in total. The summed E-state index contributed by atoms with van der Waals surface area (Å²) in [6.07, 6.45) is 20.3. The van der Waals surface area contributed by atoms with Crippen LogP contribution >= 0.6 is 0 Å². The average Bonchev–Trinajstić information content (AvgIpc) is 2.65. The second-order valence-corrected chi connectivity index (χ2v) is 7.99. The summed E-state index contributed by atoms with van der Waals surface area (Å²) < 4.78 is 0. The molecule has 0 radical (unpaired) electrons. The van der Waals surface area contributed by atoms with Crippen molar-refractivity contribution in [3.8, 4) is 5.75 Å². The molecule has 0 spiro atoms. The van der Waals surface area contributed by atoms with Crippen molar-refractivity contribution < 1.29 is 5.11 Å². The lowest BCUT2D eigenvalue weighted by Gasteiger charge is -2.17. The fraction of sp³-hybridized carbons (Fsp3) is 0.760. The van der Waals surface area contributed by atoms with E-state index in [1.165, 1.54) is 107 Å². The number of phenols is 1. The molecule has 0 saturated heterocycles. The SMILES string of the molecule is CCCCCCCc1c(O)ccc(CCCCCC)c1CCCCCC. The van der Waals surface area contributed by atoms with E-state index in [1.54, 1.807) is 0 Å². The van der Waals surface area contributed by atoms with Crippen LogP contribution in [0.15, 0.2) is 12.1 Å². The maximum absolute atomic E-state index is 10.5. The van der Waals surface area contributed by atoms with Gasteiger partial charge in [0.05, 0.1) is 0 Å². The largest absolute Gasteiger partial charge is 0.508 e. The van der Waals surface area contributed by atoms with Gasteiger partial charge in [-0.25, -0.2) is 0 Å². The van der Waals surface area contributed by atoms with Crippen LogP contribution in [0.25, 0.3) is 0 Å². The van der Waals surface area contributed by atoms with Crippen LogP contribution in [0.1, 0.15) is 121 Å². The van der Waals surface area contributed by atoms with Gasteiger partial charge in [-0.05, 0) is 61.3 Å². The van der Waals surface area contributed by atoms with Crippen molar-refractivity contribution in [3.63, 3.8) is 0 Å². The molecule has 0 saturated carbocycles. The van der Waals surface area contributed by atoms with Crippen LogP contribution in [0.3, 0.4) is 0 Å². The molecule has 1 aromatic rings. The molecule has 0 aromatic heterocycles. The Morgan fingerprint density at radius 3 is 1.58 bits per heavy atom. The van der Waals surface area contributed by atoms with Crippen molar-refractivity contribution in [1.29, 1.82) is 0 Å². The molecule has 0 amide bonds. The number of aryl methyl sites for hydroxylation is 1. The Bertz CT molecular complexity index is 463. The van der Waals surface area contributed by atoms with Crippen molar-refractivity contribution in [2.24, 2.45) is 0 Å². The van der Waals surface area contributed by atoms with Gasteiger partial charge < -0.3 is 5.11 Å². The Balaban J connectivity index is 2.77. The van der Waals surface area contributed by atoms with Crippen LogP contribution in [0, 0.1) is 0 Å². The number of phenolic OH excluding ortho intramolecular Hbond substituents is 1. The fourth-order valence-electron chi connectivity index (χ4n) is 3.93. The molecule has 0 unspecified atom stereocenters. The van der Waals surface area contributed by atoms with Gasteiger partial charge in [-0.3, -0.25) is 0 Å². The van der Waals surface area contributed by atoms with Gasteiger partial charge >= 0.3 is 0 Å². The van der Waals surface area contributed by atoms with Gasteiger partial charge in [-0.2, -0.15) is 0 Å². The number of unbranched alkanes of at least 4 members (excludes halogenated alkanes) is 10. The van der Waals surface area contributed by atoms with E-state index < -0.39 is 0 Å². The second-order valence-electron chi connectivity index (χ2n) is 7.99. The third-order valence-corrected chi connectivity index (χ3v) is 5.61. The van der Waals surface area contributed by atoms with Crippen LogP contribution in [0.5, 0.6) is 5.75 Å². The minimum absolute atomic E-state index is 0.545. The quantitative estimate of drug-likeness (QED) is 0.295. The van der Waals surface area contributed by atoms with Crippen LogP contribution in [0.2, 0.25) is 0 Å². The standard InChI is InChI=1S/C25H44O/c1-4-7-10-13-16-19-24-23(18-15-12-9-6-3)22(20-21-25(24)26)17-14-11-8-5-2/h20-21,26H,4-19H2,1-3H3. The van der Waals surface area contributed by atoms with Crippen molar-refractivity contribution in [2.45, 2.75) is 124 Å². The van der Waals surface area contributed by atoms with Gasteiger partial charge in [0.15, 0.2) is 0 Å². The van der Waals surface area contributed by atoms with Gasteiger partial charge in [0.2, 0.25) is 0 Å². The Morgan fingerprint density at radius 2 is 1.00 bits per heavy atom. The highest BCUT2D eigenvalue weighted by Gasteiger charge is 2.13. The Kier molecular flexibility index (Phi) is 13.4. The second kappa shape index (κ2) is 15.1. The molecule has 1 aromatic carbocycles. The lowest BCUT2D eigenvalue weighted by atomic mass is 9.89. The maximum atomic E-state index is 10.5. The van der Waals surface area contributed by atoms with Gasteiger partial charge in [-0.15, -0.1) is 0 Å². The highest BCUT2D eigenvalue weighted by Crippen LogP contribution is 2.29. The van der Waals surface area contributed by atoms with E-state index >= 15 is 0 Å². The number of hydrogen-bond acceptors (Lipinski definition) is 1. The van der Waals surface area contributed by atoms with E-state index in [2.05, 4.69) is 26.8 Å². The van der Waals surface area contributed by atoms with E-state index in [0.29, 0.717) is 5.75 Å². The summed E-state index contributed by atoms with van der Waals surface area (Å²) in [5, 5.41) is 10.5. The van der Waals surface area contributed by atoms with Crippen LogP contribution in [-0.2, 0) is 19.3 Å². The lowest BCUT2D eigenvalue weighted by molar-refractivity contribution is 0.463. The summed E-state index contributed by atoms with van der Waals surface area (Å²) >= 11 is 0. The molecule has 1 heteroatoms. The molecule has 0 fully saturated rings. The molecule has 1 N–H and O–H groups in total. The first kappa shape index (κ1) is 23.1. The van der Waals surface area contributed by atoms with Crippen molar-refractivity contribution in [1.82, 2.24) is 0 Å². The molecular formula is C25H44O. The molecule has 0 atom stereocenters. The van der Waals surface area contributed by atoms with Gasteiger partial charge in [-0.1, -0.05) is 91.0 Å². The van der Waals surface area contributed by atoms with Gasteiger partial charge in [0.1, 0.15) is 5.75 Å². The predicted molar refractivity (Wildman–Crippen MR) is 116 cm³/mol. The molecule has 0 heterocycles. The number of aromatic hydroxyl groups is 1. The van der Waals surface area contributed by atoms with Crippen molar-refractivity contribution >= 4 is 0 Å². The number of hydrogen-bond donors (Lipinski definition) is 1. The molecule has 0 bridgehead atoms. The Morgan fingerprint density at radius 1 is 0.538 bits per heavy atom. The highest BCUT2D eigenvalue weighted by atomic mass is 16.3. The molecule has 26 heavy (non-hydrogen) atoms. The lowest BCUT2D eigenvalue weighted by Crippen LogP contribution is -2.03. The third kappa shape index (κ3) is 9.10. The van der Waals surface area contributed by atoms with Gasteiger partial charge in [0, 0.05) is 0 Å². The van der Waals surface area contributed by atoms with E-state index in [9.17, 15) is 5.11 Å². The Labute approximate surface area is 163 Å². The number of benzene rings is 1. The zero-order chi connectivity index (χ0) is 19.0. The first-order valence-corrected chi connectivity index (χ1v) is 11.6. The minimum Gasteiger partial charge on any atom is -0.508 e. The smallest absolute Gasteiger partial charge is 0.119 e.